The Bertz CT molecular complexity index is 647. The van der Waals surface area contributed by atoms with E-state index in [9.17, 15) is 8.78 Å². The molecule has 2 heterocycles. The van der Waals surface area contributed by atoms with Crippen LogP contribution in [0.15, 0.2) is 30.6 Å². The molecule has 1 saturated heterocycles. The van der Waals surface area contributed by atoms with Crippen LogP contribution in [0.5, 0.6) is 0 Å². The summed E-state index contributed by atoms with van der Waals surface area (Å²) in [7, 11) is 0. The van der Waals surface area contributed by atoms with Gasteiger partial charge in [-0.3, -0.25) is 0 Å². The topological polar surface area (TPSA) is 59.1 Å². The van der Waals surface area contributed by atoms with Crippen LogP contribution >= 0.6 is 0 Å². The summed E-state index contributed by atoms with van der Waals surface area (Å²) in [4.78, 5) is 8.18. The number of hydrogen-bond donors (Lipinski definition) is 2. The Kier molecular flexibility index (Phi) is 4.43. The Morgan fingerprint density at radius 2 is 2.00 bits per heavy atom. The van der Waals surface area contributed by atoms with Gasteiger partial charge in [0.1, 0.15) is 18.0 Å². The van der Waals surface area contributed by atoms with E-state index in [1.54, 1.807) is 6.07 Å². The number of aromatic nitrogens is 2. The van der Waals surface area contributed by atoms with E-state index in [2.05, 4.69) is 20.6 Å². The number of rotatable bonds is 5. The highest BCUT2D eigenvalue weighted by Crippen LogP contribution is 2.19. The SMILES string of the molecule is Fc1ccc(Nc2cc(NCC3CCCO3)ncn2)cc1F. The number of halogens is 2. The van der Waals surface area contributed by atoms with Crippen molar-refractivity contribution in [1.29, 1.82) is 0 Å². The highest BCUT2D eigenvalue weighted by Gasteiger charge is 2.15. The molecule has 0 aliphatic carbocycles. The van der Waals surface area contributed by atoms with Crippen molar-refractivity contribution in [2.75, 3.05) is 23.8 Å². The highest BCUT2D eigenvalue weighted by molar-refractivity contribution is 5.58. The quantitative estimate of drug-likeness (QED) is 0.889. The zero-order valence-electron chi connectivity index (χ0n) is 11.9. The van der Waals surface area contributed by atoms with Crippen LogP contribution in [0.1, 0.15) is 12.8 Å². The molecule has 1 aliphatic heterocycles. The van der Waals surface area contributed by atoms with Crippen LogP contribution < -0.4 is 10.6 Å². The first-order valence-electron chi connectivity index (χ1n) is 7.10. The predicted molar refractivity (Wildman–Crippen MR) is 79.1 cm³/mol. The van der Waals surface area contributed by atoms with Gasteiger partial charge in [-0.15, -0.1) is 0 Å². The molecule has 1 fully saturated rings. The Morgan fingerprint density at radius 3 is 2.77 bits per heavy atom. The van der Waals surface area contributed by atoms with Gasteiger partial charge in [0.2, 0.25) is 0 Å². The van der Waals surface area contributed by atoms with Gasteiger partial charge in [0.15, 0.2) is 11.6 Å². The van der Waals surface area contributed by atoms with Crippen LogP contribution in [0, 0.1) is 11.6 Å². The molecule has 1 unspecified atom stereocenters. The molecule has 3 rings (SSSR count). The molecule has 1 aromatic carbocycles. The highest BCUT2D eigenvalue weighted by atomic mass is 19.2. The lowest BCUT2D eigenvalue weighted by Crippen LogP contribution is -2.19. The molecule has 2 aromatic rings. The molecule has 22 heavy (non-hydrogen) atoms. The first-order valence-corrected chi connectivity index (χ1v) is 7.10. The summed E-state index contributed by atoms with van der Waals surface area (Å²) in [6.45, 7) is 1.49. The first kappa shape index (κ1) is 14.6. The van der Waals surface area contributed by atoms with Gasteiger partial charge in [-0.2, -0.15) is 0 Å². The summed E-state index contributed by atoms with van der Waals surface area (Å²) in [6.07, 6.45) is 3.73. The first-order chi connectivity index (χ1) is 10.7. The molecular weight excluding hydrogens is 290 g/mol. The van der Waals surface area contributed by atoms with Crippen LogP contribution in [0.2, 0.25) is 0 Å². The Morgan fingerprint density at radius 1 is 1.14 bits per heavy atom. The lowest BCUT2D eigenvalue weighted by Gasteiger charge is -2.12. The summed E-state index contributed by atoms with van der Waals surface area (Å²) in [5.74, 6) is -0.644. The Hall–Kier alpha value is -2.28. The van der Waals surface area contributed by atoms with Crippen LogP contribution in [-0.2, 0) is 4.74 Å². The molecule has 0 saturated carbocycles. The summed E-state index contributed by atoms with van der Waals surface area (Å²) in [5, 5.41) is 6.09. The summed E-state index contributed by atoms with van der Waals surface area (Å²) in [6, 6.07) is 5.29. The van der Waals surface area contributed by atoms with E-state index in [1.807, 2.05) is 0 Å². The number of anilines is 3. The van der Waals surface area contributed by atoms with Crippen molar-refractivity contribution in [3.05, 3.63) is 42.2 Å². The molecule has 116 valence electrons. The zero-order chi connectivity index (χ0) is 15.4. The van der Waals surface area contributed by atoms with Crippen molar-refractivity contribution >= 4 is 17.3 Å². The number of hydrogen-bond acceptors (Lipinski definition) is 5. The summed E-state index contributed by atoms with van der Waals surface area (Å²) < 4.78 is 31.6. The average molecular weight is 306 g/mol. The minimum Gasteiger partial charge on any atom is -0.376 e. The van der Waals surface area contributed by atoms with Crippen molar-refractivity contribution in [2.24, 2.45) is 0 Å². The van der Waals surface area contributed by atoms with E-state index in [-0.39, 0.29) is 6.10 Å². The monoisotopic (exact) mass is 306 g/mol. The van der Waals surface area contributed by atoms with Gasteiger partial charge in [0.25, 0.3) is 0 Å². The average Bonchev–Trinajstić information content (AvgIpc) is 3.03. The second-order valence-electron chi connectivity index (χ2n) is 5.06. The number of ether oxygens (including phenoxy) is 1. The maximum absolute atomic E-state index is 13.2. The number of benzene rings is 1. The van der Waals surface area contributed by atoms with E-state index in [0.717, 1.165) is 31.6 Å². The van der Waals surface area contributed by atoms with Gasteiger partial charge in [-0.1, -0.05) is 0 Å². The van der Waals surface area contributed by atoms with E-state index >= 15 is 0 Å². The second-order valence-corrected chi connectivity index (χ2v) is 5.06. The van der Waals surface area contributed by atoms with Crippen molar-refractivity contribution in [3.63, 3.8) is 0 Å². The molecule has 0 radical (unpaired) electrons. The van der Waals surface area contributed by atoms with Crippen LogP contribution in [0.4, 0.5) is 26.1 Å². The normalized spacial score (nSPS) is 17.5. The van der Waals surface area contributed by atoms with Gasteiger partial charge in [0.05, 0.1) is 6.10 Å². The molecule has 5 nitrogen and oxygen atoms in total. The maximum Gasteiger partial charge on any atom is 0.160 e. The standard InChI is InChI=1S/C15H16F2N4O/c16-12-4-3-10(6-13(12)17)21-15-7-14(19-9-20-15)18-8-11-2-1-5-22-11/h3-4,6-7,9,11H,1-2,5,8H2,(H2,18,19,20,21). The summed E-state index contributed by atoms with van der Waals surface area (Å²) >= 11 is 0. The predicted octanol–water partition coefficient (Wildman–Crippen LogP) is 3.09. The molecule has 7 heteroatoms. The molecule has 0 bridgehead atoms. The molecule has 0 amide bonds. The van der Waals surface area contributed by atoms with E-state index in [4.69, 9.17) is 4.74 Å². The van der Waals surface area contributed by atoms with Crippen LogP contribution in [0.3, 0.4) is 0 Å². The molecule has 1 aromatic heterocycles. The van der Waals surface area contributed by atoms with Gasteiger partial charge in [-0.25, -0.2) is 18.7 Å². The van der Waals surface area contributed by atoms with E-state index in [0.29, 0.717) is 23.9 Å². The minimum absolute atomic E-state index is 0.206. The third kappa shape index (κ3) is 3.67. The lowest BCUT2D eigenvalue weighted by atomic mass is 10.2. The fraction of sp³-hybridized carbons (Fsp3) is 0.333. The van der Waals surface area contributed by atoms with Crippen LogP contribution in [0.25, 0.3) is 0 Å². The van der Waals surface area contributed by atoms with Gasteiger partial charge < -0.3 is 15.4 Å². The Balaban J connectivity index is 1.63. The second kappa shape index (κ2) is 6.65. The zero-order valence-corrected chi connectivity index (χ0v) is 11.9. The maximum atomic E-state index is 13.2. The molecular formula is C15H16F2N4O. The lowest BCUT2D eigenvalue weighted by molar-refractivity contribution is 0.120. The third-order valence-corrected chi connectivity index (χ3v) is 3.39. The van der Waals surface area contributed by atoms with Gasteiger partial charge in [0, 0.05) is 31.0 Å². The van der Waals surface area contributed by atoms with Crippen molar-refractivity contribution in [3.8, 4) is 0 Å². The largest absolute Gasteiger partial charge is 0.376 e. The molecule has 2 N–H and O–H groups in total. The van der Waals surface area contributed by atoms with Gasteiger partial charge in [-0.05, 0) is 25.0 Å². The van der Waals surface area contributed by atoms with Crippen molar-refractivity contribution in [1.82, 2.24) is 9.97 Å². The molecule has 1 atom stereocenters. The fourth-order valence-electron chi connectivity index (χ4n) is 2.27. The van der Waals surface area contributed by atoms with E-state index < -0.39 is 11.6 Å². The van der Waals surface area contributed by atoms with E-state index in [1.165, 1.54) is 12.4 Å². The molecule has 1 aliphatic rings. The summed E-state index contributed by atoms with van der Waals surface area (Å²) in [5.41, 5.74) is 0.419. The van der Waals surface area contributed by atoms with Gasteiger partial charge >= 0.3 is 0 Å². The molecule has 0 spiro atoms. The van der Waals surface area contributed by atoms with Crippen LogP contribution in [-0.4, -0.2) is 29.2 Å². The number of nitrogens with one attached hydrogen (secondary N) is 2. The smallest absolute Gasteiger partial charge is 0.160 e. The fourth-order valence-corrected chi connectivity index (χ4v) is 2.27. The Labute approximate surface area is 126 Å². The van der Waals surface area contributed by atoms with Crippen molar-refractivity contribution in [2.45, 2.75) is 18.9 Å². The third-order valence-electron chi connectivity index (χ3n) is 3.39. The van der Waals surface area contributed by atoms with Crippen molar-refractivity contribution < 1.29 is 13.5 Å². The number of nitrogens with zero attached hydrogens (tertiary/aromatic N) is 2. The minimum atomic E-state index is -0.907.